The SMILES string of the molecule is CN(C(=O)N1CCC(O)CC1)C1COCC1C(=O)O. The maximum Gasteiger partial charge on any atom is 0.320 e. The van der Waals surface area contributed by atoms with Crippen molar-refractivity contribution in [3.63, 3.8) is 0 Å². The average Bonchev–Trinajstić information content (AvgIpc) is 2.87. The van der Waals surface area contributed by atoms with Crippen LogP contribution >= 0.6 is 0 Å². The molecule has 2 saturated heterocycles. The van der Waals surface area contributed by atoms with Crippen LogP contribution in [0.4, 0.5) is 4.79 Å². The number of carboxylic acid groups (broad SMARTS) is 1. The van der Waals surface area contributed by atoms with Crippen molar-refractivity contribution in [1.29, 1.82) is 0 Å². The molecule has 0 aromatic carbocycles. The number of hydrogen-bond donors (Lipinski definition) is 2. The molecule has 19 heavy (non-hydrogen) atoms. The van der Waals surface area contributed by atoms with Gasteiger partial charge >= 0.3 is 12.0 Å². The molecular formula is C12H20N2O5. The highest BCUT2D eigenvalue weighted by molar-refractivity contribution is 5.77. The summed E-state index contributed by atoms with van der Waals surface area (Å²) < 4.78 is 5.17. The van der Waals surface area contributed by atoms with Crippen LogP contribution in [0.5, 0.6) is 0 Å². The van der Waals surface area contributed by atoms with Crippen molar-refractivity contribution in [2.24, 2.45) is 5.92 Å². The maximum atomic E-state index is 12.3. The van der Waals surface area contributed by atoms with Gasteiger partial charge in [-0.15, -0.1) is 0 Å². The second-order valence-corrected chi connectivity index (χ2v) is 5.16. The number of urea groups is 1. The van der Waals surface area contributed by atoms with E-state index in [0.29, 0.717) is 25.9 Å². The Morgan fingerprint density at radius 1 is 1.26 bits per heavy atom. The van der Waals surface area contributed by atoms with Gasteiger partial charge in [0.2, 0.25) is 0 Å². The quantitative estimate of drug-likeness (QED) is 0.713. The van der Waals surface area contributed by atoms with Gasteiger partial charge < -0.3 is 24.7 Å². The molecule has 0 aromatic heterocycles. The number of aliphatic hydroxyl groups excluding tert-OH is 1. The minimum atomic E-state index is -0.934. The first-order valence-electron chi connectivity index (χ1n) is 6.51. The number of carboxylic acids is 1. The van der Waals surface area contributed by atoms with Crippen molar-refractivity contribution >= 4 is 12.0 Å². The normalized spacial score (nSPS) is 28.4. The molecule has 2 N–H and O–H groups in total. The molecule has 7 heteroatoms. The molecule has 2 amide bonds. The zero-order valence-electron chi connectivity index (χ0n) is 11.0. The fourth-order valence-electron chi connectivity index (χ4n) is 2.58. The maximum absolute atomic E-state index is 12.3. The zero-order valence-corrected chi connectivity index (χ0v) is 11.0. The van der Waals surface area contributed by atoms with Crippen molar-refractivity contribution in [3.8, 4) is 0 Å². The molecule has 0 saturated carbocycles. The topological polar surface area (TPSA) is 90.3 Å². The van der Waals surface area contributed by atoms with Crippen LogP contribution in [-0.4, -0.2) is 77.5 Å². The summed E-state index contributed by atoms with van der Waals surface area (Å²) in [5.41, 5.74) is 0. The summed E-state index contributed by atoms with van der Waals surface area (Å²) in [6.45, 7) is 1.43. The molecule has 2 aliphatic heterocycles. The van der Waals surface area contributed by atoms with Crippen LogP contribution < -0.4 is 0 Å². The molecule has 2 rings (SSSR count). The Morgan fingerprint density at radius 3 is 2.47 bits per heavy atom. The van der Waals surface area contributed by atoms with Gasteiger partial charge in [0.05, 0.1) is 25.4 Å². The largest absolute Gasteiger partial charge is 0.481 e. The number of aliphatic hydroxyl groups is 1. The average molecular weight is 272 g/mol. The van der Waals surface area contributed by atoms with Gasteiger partial charge in [-0.3, -0.25) is 4.79 Å². The standard InChI is InChI=1S/C12H20N2O5/c1-13(10-7-19-6-9(10)11(16)17)12(18)14-4-2-8(15)3-5-14/h8-10,15H,2-7H2,1H3,(H,16,17). The van der Waals surface area contributed by atoms with E-state index in [1.165, 1.54) is 4.90 Å². The second-order valence-electron chi connectivity index (χ2n) is 5.16. The van der Waals surface area contributed by atoms with Crippen LogP contribution in [0.25, 0.3) is 0 Å². The van der Waals surface area contributed by atoms with Crippen LogP contribution in [0.2, 0.25) is 0 Å². The molecule has 7 nitrogen and oxygen atoms in total. The predicted octanol–water partition coefficient (Wildman–Crippen LogP) is -0.405. The van der Waals surface area contributed by atoms with Crippen LogP contribution in [0.15, 0.2) is 0 Å². The predicted molar refractivity (Wildman–Crippen MR) is 65.7 cm³/mol. The third kappa shape index (κ3) is 2.98. The van der Waals surface area contributed by atoms with Crippen molar-refractivity contribution in [2.45, 2.75) is 25.0 Å². The third-order valence-corrected chi connectivity index (χ3v) is 3.90. The molecule has 0 aromatic rings. The van der Waals surface area contributed by atoms with Gasteiger partial charge in [-0.2, -0.15) is 0 Å². The lowest BCUT2D eigenvalue weighted by Crippen LogP contribution is -2.52. The minimum Gasteiger partial charge on any atom is -0.481 e. The molecule has 0 spiro atoms. The summed E-state index contributed by atoms with van der Waals surface area (Å²) >= 11 is 0. The summed E-state index contributed by atoms with van der Waals surface area (Å²) in [7, 11) is 1.61. The Labute approximate surface area is 111 Å². The van der Waals surface area contributed by atoms with Crippen LogP contribution in [0.3, 0.4) is 0 Å². The van der Waals surface area contributed by atoms with Gasteiger partial charge in [0.15, 0.2) is 0 Å². The highest BCUT2D eigenvalue weighted by atomic mass is 16.5. The molecular weight excluding hydrogens is 252 g/mol. The summed E-state index contributed by atoms with van der Waals surface area (Å²) in [5.74, 6) is -1.60. The number of nitrogens with zero attached hydrogens (tertiary/aromatic N) is 2. The zero-order chi connectivity index (χ0) is 14.0. The van der Waals surface area contributed by atoms with Gasteiger partial charge in [-0.25, -0.2) is 4.79 Å². The molecule has 0 aliphatic carbocycles. The van der Waals surface area contributed by atoms with Crippen LogP contribution in [0.1, 0.15) is 12.8 Å². The Balaban J connectivity index is 1.96. The molecule has 0 radical (unpaired) electrons. The van der Waals surface area contributed by atoms with E-state index in [1.54, 1.807) is 11.9 Å². The van der Waals surface area contributed by atoms with Crippen molar-refractivity contribution in [1.82, 2.24) is 9.80 Å². The van der Waals surface area contributed by atoms with Crippen LogP contribution in [-0.2, 0) is 9.53 Å². The van der Waals surface area contributed by atoms with E-state index in [9.17, 15) is 14.7 Å². The fraction of sp³-hybridized carbons (Fsp3) is 0.833. The highest BCUT2D eigenvalue weighted by Crippen LogP contribution is 2.21. The minimum absolute atomic E-state index is 0.149. The summed E-state index contributed by atoms with van der Waals surface area (Å²) in [6, 6.07) is -0.606. The molecule has 2 heterocycles. The highest BCUT2D eigenvalue weighted by Gasteiger charge is 2.39. The number of likely N-dealkylation sites (tertiary alicyclic amines) is 1. The van der Waals surface area contributed by atoms with Gasteiger partial charge in [-0.05, 0) is 12.8 Å². The molecule has 2 unspecified atom stereocenters. The number of amides is 2. The summed E-state index contributed by atoms with van der Waals surface area (Å²) in [4.78, 5) is 26.5. The fourth-order valence-corrected chi connectivity index (χ4v) is 2.58. The van der Waals surface area contributed by atoms with E-state index in [1.807, 2.05) is 0 Å². The number of ether oxygens (including phenoxy) is 1. The Morgan fingerprint density at radius 2 is 1.89 bits per heavy atom. The van der Waals surface area contributed by atoms with Crippen molar-refractivity contribution in [2.75, 3.05) is 33.4 Å². The van der Waals surface area contributed by atoms with E-state index >= 15 is 0 Å². The molecule has 108 valence electrons. The van der Waals surface area contributed by atoms with Crippen LogP contribution in [0, 0.1) is 5.92 Å². The first-order chi connectivity index (χ1) is 9.00. The number of aliphatic carboxylic acids is 1. The number of carbonyl (C=O) groups is 2. The van der Waals surface area contributed by atoms with E-state index in [2.05, 4.69) is 0 Å². The Hall–Kier alpha value is -1.34. The van der Waals surface area contributed by atoms with Crippen molar-refractivity contribution in [3.05, 3.63) is 0 Å². The van der Waals surface area contributed by atoms with Gasteiger partial charge in [0.25, 0.3) is 0 Å². The van der Waals surface area contributed by atoms with Gasteiger partial charge in [0, 0.05) is 20.1 Å². The smallest absolute Gasteiger partial charge is 0.320 e. The number of likely N-dealkylation sites (N-methyl/N-ethyl adjacent to an activating group) is 1. The first kappa shape index (κ1) is 14.1. The van der Waals surface area contributed by atoms with Gasteiger partial charge in [0.1, 0.15) is 5.92 Å². The van der Waals surface area contributed by atoms with E-state index in [4.69, 9.17) is 9.84 Å². The second kappa shape index (κ2) is 5.75. The van der Waals surface area contributed by atoms with E-state index < -0.39 is 17.9 Å². The lowest BCUT2D eigenvalue weighted by atomic mass is 10.0. The Kier molecular flexibility index (Phi) is 4.26. The number of carbonyl (C=O) groups excluding carboxylic acids is 1. The molecule has 2 atom stereocenters. The van der Waals surface area contributed by atoms with E-state index in [-0.39, 0.29) is 25.3 Å². The lowest BCUT2D eigenvalue weighted by Gasteiger charge is -2.35. The number of piperidine rings is 1. The molecule has 2 aliphatic rings. The molecule has 0 bridgehead atoms. The van der Waals surface area contributed by atoms with E-state index in [0.717, 1.165) is 0 Å². The number of hydrogen-bond acceptors (Lipinski definition) is 4. The summed E-state index contributed by atoms with van der Waals surface area (Å²) in [6.07, 6.45) is 0.808. The van der Waals surface area contributed by atoms with Crippen molar-refractivity contribution < 1.29 is 24.5 Å². The first-order valence-corrected chi connectivity index (χ1v) is 6.51. The third-order valence-electron chi connectivity index (χ3n) is 3.90. The number of rotatable bonds is 2. The lowest BCUT2D eigenvalue weighted by molar-refractivity contribution is -0.142. The monoisotopic (exact) mass is 272 g/mol. The summed E-state index contributed by atoms with van der Waals surface area (Å²) in [5, 5.41) is 18.5. The molecule has 2 fully saturated rings. The van der Waals surface area contributed by atoms with Gasteiger partial charge in [-0.1, -0.05) is 0 Å². The Bertz CT molecular complexity index is 354.